The third-order valence-electron chi connectivity index (χ3n) is 7.21. The maximum absolute atomic E-state index is 12.2. The fourth-order valence-corrected chi connectivity index (χ4v) is 5.92. The molecule has 0 aliphatic carbocycles. The lowest BCUT2D eigenvalue weighted by Gasteiger charge is -2.26. The number of H-pyrrole nitrogens is 1. The Labute approximate surface area is 233 Å². The number of aromatic nitrogens is 1. The number of nitrogens with zero attached hydrogens (tertiary/aromatic N) is 2. The van der Waals surface area contributed by atoms with Crippen molar-refractivity contribution < 1.29 is 23.0 Å². The van der Waals surface area contributed by atoms with Crippen molar-refractivity contribution in [2.75, 3.05) is 37.0 Å². The van der Waals surface area contributed by atoms with Gasteiger partial charge in [0.05, 0.1) is 23.6 Å². The molecule has 9 heteroatoms. The molecule has 0 fully saturated rings. The molecule has 5 aromatic rings. The van der Waals surface area contributed by atoms with Crippen LogP contribution >= 0.6 is 0 Å². The summed E-state index contributed by atoms with van der Waals surface area (Å²) in [4.78, 5) is 5.59. The molecule has 0 unspecified atom stereocenters. The number of aromatic amines is 1. The maximum Gasteiger partial charge on any atom is 0.235 e. The van der Waals surface area contributed by atoms with Crippen LogP contribution in [0.5, 0.6) is 11.5 Å². The van der Waals surface area contributed by atoms with Gasteiger partial charge in [0.2, 0.25) is 10.0 Å². The minimum Gasteiger partial charge on any atom is -0.492 e. The second-order valence-electron chi connectivity index (χ2n) is 10.1. The molecule has 0 radical (unpaired) electrons. The van der Waals surface area contributed by atoms with Gasteiger partial charge in [-0.3, -0.25) is 4.90 Å². The predicted octanol–water partition coefficient (Wildman–Crippen LogP) is 5.05. The van der Waals surface area contributed by atoms with E-state index in [4.69, 9.17) is 9.47 Å². The second kappa shape index (κ2) is 10.8. The van der Waals surface area contributed by atoms with Gasteiger partial charge in [-0.1, -0.05) is 54.6 Å². The summed E-state index contributed by atoms with van der Waals surface area (Å²) in [5.74, 6) is 1.27. The first-order valence-corrected chi connectivity index (χ1v) is 15.0. The standard InChI is InChI=1S/C31H31N3O5S/c1-40(36,37)34-21-39-31-14-11-23(17-29(31)34)30(35)20-33(19-22-7-3-2-4-8-22)15-16-38-24-12-13-26-25-9-5-6-10-27(25)32-28(26)18-24/h2-14,17-18,30,32,35H,15-16,19-21H2,1H3/t30-/m0/s1. The molecular formula is C31H31N3O5S. The lowest BCUT2D eigenvalue weighted by molar-refractivity contribution is 0.0986. The summed E-state index contributed by atoms with van der Waals surface area (Å²) in [7, 11) is -3.48. The summed E-state index contributed by atoms with van der Waals surface area (Å²) >= 11 is 0. The molecule has 0 spiro atoms. The van der Waals surface area contributed by atoms with Crippen LogP contribution < -0.4 is 13.8 Å². The van der Waals surface area contributed by atoms with E-state index in [0.29, 0.717) is 43.2 Å². The van der Waals surface area contributed by atoms with E-state index in [1.54, 1.807) is 18.2 Å². The first-order valence-electron chi connectivity index (χ1n) is 13.2. The zero-order chi connectivity index (χ0) is 27.7. The smallest absolute Gasteiger partial charge is 0.235 e. The van der Waals surface area contributed by atoms with Crippen molar-refractivity contribution in [2.24, 2.45) is 0 Å². The van der Waals surface area contributed by atoms with E-state index in [1.165, 1.54) is 9.69 Å². The summed E-state index contributed by atoms with van der Waals surface area (Å²) in [6.07, 6.45) is 0.310. The second-order valence-corrected chi connectivity index (χ2v) is 12.0. The molecule has 1 atom stereocenters. The number of rotatable bonds is 10. The van der Waals surface area contributed by atoms with E-state index in [-0.39, 0.29) is 6.73 Å². The first-order chi connectivity index (χ1) is 19.3. The average Bonchev–Trinajstić information content (AvgIpc) is 3.54. The predicted molar refractivity (Wildman–Crippen MR) is 157 cm³/mol. The van der Waals surface area contributed by atoms with Crippen LogP contribution in [0.1, 0.15) is 17.2 Å². The van der Waals surface area contributed by atoms with Crippen molar-refractivity contribution in [3.8, 4) is 11.5 Å². The summed E-state index contributed by atoms with van der Waals surface area (Å²) < 4.78 is 37.2. The molecule has 0 bridgehead atoms. The van der Waals surface area contributed by atoms with Crippen LogP contribution in [0.4, 0.5) is 5.69 Å². The molecule has 8 nitrogen and oxygen atoms in total. The van der Waals surface area contributed by atoms with E-state index < -0.39 is 16.1 Å². The van der Waals surface area contributed by atoms with Crippen LogP contribution in [0.2, 0.25) is 0 Å². The number of ether oxygens (including phenoxy) is 2. The number of aliphatic hydroxyl groups is 1. The van der Waals surface area contributed by atoms with Gasteiger partial charge < -0.3 is 19.6 Å². The zero-order valence-electron chi connectivity index (χ0n) is 22.2. The van der Waals surface area contributed by atoms with Gasteiger partial charge in [-0.05, 0) is 41.5 Å². The van der Waals surface area contributed by atoms with Crippen LogP contribution in [0, 0.1) is 0 Å². The number of anilines is 1. The van der Waals surface area contributed by atoms with Crippen LogP contribution in [0.25, 0.3) is 21.8 Å². The number of hydrogen-bond donors (Lipinski definition) is 2. The fraction of sp³-hybridized carbons (Fsp3) is 0.226. The maximum atomic E-state index is 12.2. The monoisotopic (exact) mass is 557 g/mol. The largest absolute Gasteiger partial charge is 0.492 e. The summed E-state index contributed by atoms with van der Waals surface area (Å²) in [5.41, 5.74) is 4.32. The SMILES string of the molecule is CS(=O)(=O)N1COc2ccc([C@@H](O)CN(CCOc3ccc4c(c3)[nH]c3ccccc34)Cc3ccccc3)cc21. The van der Waals surface area contributed by atoms with Crippen molar-refractivity contribution >= 4 is 37.5 Å². The molecule has 1 aliphatic heterocycles. The molecular weight excluding hydrogens is 526 g/mol. The van der Waals surface area contributed by atoms with E-state index in [0.717, 1.165) is 34.0 Å². The Hall–Kier alpha value is -4.05. The zero-order valence-corrected chi connectivity index (χ0v) is 23.0. The molecule has 2 N–H and O–H groups in total. The summed E-state index contributed by atoms with van der Waals surface area (Å²) in [5, 5.41) is 13.5. The van der Waals surface area contributed by atoms with E-state index in [9.17, 15) is 13.5 Å². The van der Waals surface area contributed by atoms with E-state index in [1.807, 2.05) is 42.5 Å². The van der Waals surface area contributed by atoms with Crippen LogP contribution in [0.3, 0.4) is 0 Å². The topological polar surface area (TPSA) is 95.1 Å². The molecule has 4 aromatic carbocycles. The summed E-state index contributed by atoms with van der Waals surface area (Å²) in [6, 6.07) is 29.6. The van der Waals surface area contributed by atoms with E-state index >= 15 is 0 Å². The van der Waals surface area contributed by atoms with Gasteiger partial charge >= 0.3 is 0 Å². The lowest BCUT2D eigenvalue weighted by atomic mass is 10.1. The van der Waals surface area contributed by atoms with Gasteiger partial charge in [0, 0.05) is 42.0 Å². The molecule has 206 valence electrons. The van der Waals surface area contributed by atoms with Crippen molar-refractivity contribution in [3.05, 3.63) is 102 Å². The highest BCUT2D eigenvalue weighted by Crippen LogP contribution is 2.37. The Kier molecular flexibility index (Phi) is 7.10. The molecule has 1 aromatic heterocycles. The molecule has 0 amide bonds. The van der Waals surface area contributed by atoms with Crippen molar-refractivity contribution in [1.29, 1.82) is 0 Å². The minimum absolute atomic E-state index is 0.0600. The minimum atomic E-state index is -3.48. The number of sulfonamides is 1. The third kappa shape index (κ3) is 5.49. The van der Waals surface area contributed by atoms with Crippen LogP contribution in [-0.4, -0.2) is 56.1 Å². The Morgan fingerprint density at radius 3 is 2.58 bits per heavy atom. The van der Waals surface area contributed by atoms with Gasteiger partial charge in [-0.2, -0.15) is 0 Å². The Bertz CT molecular complexity index is 1750. The van der Waals surface area contributed by atoms with Gasteiger partial charge in [0.25, 0.3) is 0 Å². The van der Waals surface area contributed by atoms with Crippen molar-refractivity contribution in [3.63, 3.8) is 0 Å². The van der Waals surface area contributed by atoms with Gasteiger partial charge in [-0.25, -0.2) is 12.7 Å². The summed E-state index contributed by atoms with van der Waals surface area (Å²) in [6.45, 7) is 1.94. The number of aliphatic hydroxyl groups excluding tert-OH is 1. The average molecular weight is 558 g/mol. The number of hydrogen-bond acceptors (Lipinski definition) is 6. The fourth-order valence-electron chi connectivity index (χ4n) is 5.17. The van der Waals surface area contributed by atoms with Gasteiger partial charge in [0.15, 0.2) is 6.73 Å². The normalized spacial score (nSPS) is 14.0. The Morgan fingerprint density at radius 1 is 0.975 bits per heavy atom. The number of nitrogens with one attached hydrogen (secondary N) is 1. The number of fused-ring (bicyclic) bond motifs is 4. The molecule has 40 heavy (non-hydrogen) atoms. The molecule has 6 rings (SSSR count). The Morgan fingerprint density at radius 2 is 1.75 bits per heavy atom. The van der Waals surface area contributed by atoms with E-state index in [2.05, 4.69) is 40.2 Å². The lowest BCUT2D eigenvalue weighted by Crippen LogP contribution is -2.32. The highest BCUT2D eigenvalue weighted by molar-refractivity contribution is 7.92. The number of para-hydroxylation sites is 1. The molecule has 0 saturated carbocycles. The highest BCUT2D eigenvalue weighted by atomic mass is 32.2. The first kappa shape index (κ1) is 26.2. The number of benzene rings is 4. The van der Waals surface area contributed by atoms with Crippen molar-refractivity contribution in [1.82, 2.24) is 9.88 Å². The van der Waals surface area contributed by atoms with Crippen LogP contribution in [0.15, 0.2) is 91.0 Å². The Balaban J connectivity index is 1.16. The van der Waals surface area contributed by atoms with Crippen LogP contribution in [-0.2, 0) is 16.6 Å². The molecule has 1 aliphatic rings. The van der Waals surface area contributed by atoms with Gasteiger partial charge in [0.1, 0.15) is 18.1 Å². The highest BCUT2D eigenvalue weighted by Gasteiger charge is 2.29. The molecule has 0 saturated heterocycles. The van der Waals surface area contributed by atoms with Crippen molar-refractivity contribution in [2.45, 2.75) is 12.6 Å². The third-order valence-corrected chi connectivity index (χ3v) is 8.31. The quantitative estimate of drug-likeness (QED) is 0.250. The molecule has 2 heterocycles. The van der Waals surface area contributed by atoms with Gasteiger partial charge in [-0.15, -0.1) is 0 Å².